The monoisotopic (exact) mass is 408 g/mol. The van der Waals surface area contributed by atoms with Gasteiger partial charge >= 0.3 is 11.9 Å². The van der Waals surface area contributed by atoms with E-state index in [1.54, 1.807) is 0 Å². The summed E-state index contributed by atoms with van der Waals surface area (Å²) in [5.41, 5.74) is -0.166. The van der Waals surface area contributed by atoms with Gasteiger partial charge in [-0.15, -0.1) is 0 Å². The van der Waals surface area contributed by atoms with E-state index in [4.69, 9.17) is 18.9 Å². The molecule has 5 rings (SSSR count). The lowest BCUT2D eigenvalue weighted by Gasteiger charge is -2.46. The molecule has 7 atom stereocenters. The standard InChI is InChI=1S/C23H36O6/c1-14(8-21(24)26-12-16-4-6-17-10-19(16)28-17)11-23(2,3)13-27-22(25)15-5-7-18-20(9-15)29-18/h14-20H,4-13H2,1-3H3. The van der Waals surface area contributed by atoms with E-state index in [0.717, 1.165) is 44.9 Å². The Morgan fingerprint density at radius 1 is 1.00 bits per heavy atom. The summed E-state index contributed by atoms with van der Waals surface area (Å²) in [5, 5.41) is 0. The van der Waals surface area contributed by atoms with Gasteiger partial charge in [0.25, 0.3) is 0 Å². The van der Waals surface area contributed by atoms with E-state index in [1.807, 2.05) is 0 Å². The molecule has 7 unspecified atom stereocenters. The maximum absolute atomic E-state index is 12.4. The smallest absolute Gasteiger partial charge is 0.309 e. The van der Waals surface area contributed by atoms with Crippen molar-refractivity contribution in [1.29, 1.82) is 0 Å². The quantitative estimate of drug-likeness (QED) is 0.428. The zero-order chi connectivity index (χ0) is 20.6. The molecule has 6 heteroatoms. The van der Waals surface area contributed by atoms with Gasteiger partial charge in [-0.3, -0.25) is 9.59 Å². The topological polar surface area (TPSA) is 74.4 Å². The van der Waals surface area contributed by atoms with Gasteiger partial charge in [0.1, 0.15) is 0 Å². The van der Waals surface area contributed by atoms with Crippen molar-refractivity contribution in [2.24, 2.45) is 23.2 Å². The van der Waals surface area contributed by atoms with E-state index in [1.165, 1.54) is 0 Å². The Bertz CT molecular complexity index is 608. The number of ether oxygens (including phenoxy) is 4. The predicted molar refractivity (Wildman–Crippen MR) is 106 cm³/mol. The molecular formula is C23H36O6. The third-order valence-corrected chi connectivity index (χ3v) is 7.06. The molecule has 0 spiro atoms. The Balaban J connectivity index is 1.12. The summed E-state index contributed by atoms with van der Waals surface area (Å²) in [6, 6.07) is 0. The van der Waals surface area contributed by atoms with Crippen molar-refractivity contribution in [2.45, 2.75) is 96.6 Å². The van der Waals surface area contributed by atoms with Gasteiger partial charge in [0, 0.05) is 18.8 Å². The number of epoxide rings is 1. The zero-order valence-electron chi connectivity index (χ0n) is 18.1. The van der Waals surface area contributed by atoms with Crippen molar-refractivity contribution in [3.8, 4) is 0 Å². The maximum atomic E-state index is 12.4. The fourth-order valence-corrected chi connectivity index (χ4v) is 5.38. The van der Waals surface area contributed by atoms with Gasteiger partial charge in [-0.05, 0) is 49.9 Å². The van der Waals surface area contributed by atoms with Crippen LogP contribution < -0.4 is 0 Å². The number of esters is 2. The van der Waals surface area contributed by atoms with E-state index in [9.17, 15) is 9.59 Å². The van der Waals surface area contributed by atoms with Crippen LogP contribution in [0.25, 0.3) is 0 Å². The van der Waals surface area contributed by atoms with Gasteiger partial charge in [0.05, 0.1) is 43.5 Å². The molecule has 0 aromatic carbocycles. The van der Waals surface area contributed by atoms with E-state index in [-0.39, 0.29) is 35.3 Å². The molecule has 6 nitrogen and oxygen atoms in total. The Morgan fingerprint density at radius 3 is 2.48 bits per heavy atom. The minimum atomic E-state index is -0.166. The van der Waals surface area contributed by atoms with Gasteiger partial charge in [0.15, 0.2) is 0 Å². The van der Waals surface area contributed by atoms with Crippen molar-refractivity contribution in [2.75, 3.05) is 13.2 Å². The number of hydrogen-bond acceptors (Lipinski definition) is 6. The molecule has 3 saturated heterocycles. The Morgan fingerprint density at radius 2 is 1.79 bits per heavy atom. The average molecular weight is 409 g/mol. The summed E-state index contributed by atoms with van der Waals surface area (Å²) in [5.74, 6) is 0.310. The molecule has 2 bridgehead atoms. The third-order valence-electron chi connectivity index (χ3n) is 7.06. The number of hydrogen-bond donors (Lipinski definition) is 0. The summed E-state index contributed by atoms with van der Waals surface area (Å²) in [6.07, 6.45) is 8.62. The molecule has 5 fully saturated rings. The van der Waals surface area contributed by atoms with Crippen molar-refractivity contribution < 1.29 is 28.5 Å². The van der Waals surface area contributed by atoms with Gasteiger partial charge < -0.3 is 18.9 Å². The molecule has 0 N–H and O–H groups in total. The highest BCUT2D eigenvalue weighted by Crippen LogP contribution is 2.40. The molecule has 0 aromatic rings. The molecule has 3 aliphatic heterocycles. The number of carbonyl (C=O) groups excluding carboxylic acids is 2. The van der Waals surface area contributed by atoms with Crippen LogP contribution >= 0.6 is 0 Å². The summed E-state index contributed by atoms with van der Waals surface area (Å²) < 4.78 is 22.4. The second kappa shape index (κ2) is 8.54. The first kappa shape index (κ1) is 21.1. The lowest BCUT2D eigenvalue weighted by atomic mass is 9.80. The summed E-state index contributed by atoms with van der Waals surface area (Å²) in [7, 11) is 0. The van der Waals surface area contributed by atoms with Crippen molar-refractivity contribution in [3.05, 3.63) is 0 Å². The van der Waals surface area contributed by atoms with Gasteiger partial charge in [0.2, 0.25) is 0 Å². The van der Waals surface area contributed by atoms with Crippen LogP contribution in [0.15, 0.2) is 0 Å². The summed E-state index contributed by atoms with van der Waals surface area (Å²) >= 11 is 0. The molecule has 164 valence electrons. The zero-order valence-corrected chi connectivity index (χ0v) is 18.1. The highest BCUT2D eigenvalue weighted by Gasteiger charge is 2.46. The largest absolute Gasteiger partial charge is 0.465 e. The van der Waals surface area contributed by atoms with Gasteiger partial charge in [-0.25, -0.2) is 0 Å². The Hall–Kier alpha value is -1.14. The van der Waals surface area contributed by atoms with Crippen LogP contribution in [-0.2, 0) is 28.5 Å². The summed E-state index contributed by atoms with van der Waals surface area (Å²) in [6.45, 7) is 7.12. The van der Waals surface area contributed by atoms with E-state index in [0.29, 0.717) is 43.9 Å². The predicted octanol–water partition coefficient (Wildman–Crippen LogP) is 3.65. The number of rotatable bonds is 9. The van der Waals surface area contributed by atoms with Crippen molar-refractivity contribution >= 4 is 11.9 Å². The lowest BCUT2D eigenvalue weighted by molar-refractivity contribution is -0.196. The lowest BCUT2D eigenvalue weighted by Crippen LogP contribution is -2.49. The van der Waals surface area contributed by atoms with Crippen molar-refractivity contribution in [1.82, 2.24) is 0 Å². The Kier molecular flexibility index (Phi) is 6.22. The fraction of sp³-hybridized carbons (Fsp3) is 0.913. The second-order valence-electron chi connectivity index (χ2n) is 10.6. The van der Waals surface area contributed by atoms with Crippen LogP contribution in [0.1, 0.15) is 72.1 Å². The van der Waals surface area contributed by atoms with Crippen LogP contribution in [0, 0.1) is 23.2 Å². The molecular weight excluding hydrogens is 372 g/mol. The number of fused-ring (bicyclic) bond motifs is 3. The first-order chi connectivity index (χ1) is 13.8. The molecule has 2 aliphatic carbocycles. The normalized spacial score (nSPS) is 36.4. The first-order valence-corrected chi connectivity index (χ1v) is 11.4. The Labute approximate surface area is 174 Å². The minimum absolute atomic E-state index is 0.0170. The molecule has 0 aromatic heterocycles. The van der Waals surface area contributed by atoms with Crippen LogP contribution in [-0.4, -0.2) is 49.6 Å². The molecule has 0 radical (unpaired) electrons. The van der Waals surface area contributed by atoms with E-state index < -0.39 is 0 Å². The molecule has 3 heterocycles. The van der Waals surface area contributed by atoms with Crippen LogP contribution in [0.3, 0.4) is 0 Å². The SMILES string of the molecule is CC(CC(=O)OCC1CCC2CC1O2)CC(C)(C)COC(=O)C1CCC2OC2C1. The average Bonchev–Trinajstić information content (AvgIpc) is 3.42. The molecule has 29 heavy (non-hydrogen) atoms. The number of carbonyl (C=O) groups is 2. The van der Waals surface area contributed by atoms with Crippen LogP contribution in [0.5, 0.6) is 0 Å². The first-order valence-electron chi connectivity index (χ1n) is 11.4. The van der Waals surface area contributed by atoms with Crippen LogP contribution in [0.4, 0.5) is 0 Å². The van der Waals surface area contributed by atoms with Crippen LogP contribution in [0.2, 0.25) is 0 Å². The molecule has 5 aliphatic rings. The van der Waals surface area contributed by atoms with Gasteiger partial charge in [-0.1, -0.05) is 20.8 Å². The van der Waals surface area contributed by atoms with Gasteiger partial charge in [-0.2, -0.15) is 0 Å². The molecule has 2 saturated carbocycles. The minimum Gasteiger partial charge on any atom is -0.465 e. The third kappa shape index (κ3) is 5.52. The summed E-state index contributed by atoms with van der Waals surface area (Å²) in [4.78, 5) is 24.6. The van der Waals surface area contributed by atoms with E-state index in [2.05, 4.69) is 20.8 Å². The van der Waals surface area contributed by atoms with E-state index >= 15 is 0 Å². The highest BCUT2D eigenvalue weighted by molar-refractivity contribution is 5.72. The maximum Gasteiger partial charge on any atom is 0.309 e. The second-order valence-corrected chi connectivity index (χ2v) is 10.6. The molecule has 0 amide bonds. The fourth-order valence-electron chi connectivity index (χ4n) is 5.38. The highest BCUT2D eigenvalue weighted by atomic mass is 16.6. The van der Waals surface area contributed by atoms with Crippen molar-refractivity contribution in [3.63, 3.8) is 0 Å².